The van der Waals surface area contributed by atoms with Gasteiger partial charge in [0.1, 0.15) is 12.1 Å². The number of nitrogens with one attached hydrogen (secondary N) is 1. The van der Waals surface area contributed by atoms with Gasteiger partial charge >= 0.3 is 0 Å². The molecule has 2 aromatic rings. The Balaban J connectivity index is 1.45. The number of hydrogen-bond donors (Lipinski definition) is 1. The Labute approximate surface area is 139 Å². The van der Waals surface area contributed by atoms with E-state index in [9.17, 15) is 14.0 Å². The molecule has 126 valence electrons. The number of rotatable bonds is 4. The first-order chi connectivity index (χ1) is 11.6. The second-order valence-corrected chi connectivity index (χ2v) is 5.96. The van der Waals surface area contributed by atoms with Gasteiger partial charge in [-0.1, -0.05) is 0 Å². The number of carbonyl (C=O) groups excluding carboxylic acids is 2. The highest BCUT2D eigenvalue weighted by Crippen LogP contribution is 2.19. The Hall–Kier alpha value is -2.63. The van der Waals surface area contributed by atoms with Crippen LogP contribution < -0.4 is 5.32 Å². The van der Waals surface area contributed by atoms with Gasteiger partial charge in [-0.25, -0.2) is 4.39 Å². The second-order valence-electron chi connectivity index (χ2n) is 5.96. The molecular formula is C18H19FN2O3. The van der Waals surface area contributed by atoms with Crippen LogP contribution >= 0.6 is 0 Å². The normalized spacial score (nSPS) is 15.3. The van der Waals surface area contributed by atoms with Crippen LogP contribution in [-0.2, 0) is 0 Å². The summed E-state index contributed by atoms with van der Waals surface area (Å²) in [5.41, 5.74) is 1.02. The van der Waals surface area contributed by atoms with E-state index in [1.54, 1.807) is 6.07 Å². The van der Waals surface area contributed by atoms with E-state index in [-0.39, 0.29) is 17.6 Å². The van der Waals surface area contributed by atoms with E-state index in [0.717, 1.165) is 12.8 Å². The van der Waals surface area contributed by atoms with Crippen LogP contribution in [0.1, 0.15) is 33.6 Å². The van der Waals surface area contributed by atoms with Gasteiger partial charge in [-0.2, -0.15) is 0 Å². The zero-order valence-corrected chi connectivity index (χ0v) is 13.2. The number of hydrogen-bond acceptors (Lipinski definition) is 3. The van der Waals surface area contributed by atoms with E-state index in [4.69, 9.17) is 4.42 Å². The maximum atomic E-state index is 12.9. The summed E-state index contributed by atoms with van der Waals surface area (Å²) >= 11 is 0. The van der Waals surface area contributed by atoms with Crippen molar-refractivity contribution in [3.05, 3.63) is 59.8 Å². The number of nitrogens with zero attached hydrogens (tertiary/aromatic N) is 1. The molecule has 0 spiro atoms. The molecule has 6 heteroatoms. The molecule has 1 aliphatic heterocycles. The molecule has 1 N–H and O–H groups in total. The van der Waals surface area contributed by atoms with Crippen molar-refractivity contribution in [1.82, 2.24) is 10.2 Å². The molecule has 5 nitrogen and oxygen atoms in total. The number of carbonyl (C=O) groups is 2. The van der Waals surface area contributed by atoms with Crippen LogP contribution in [0.5, 0.6) is 0 Å². The highest BCUT2D eigenvalue weighted by Gasteiger charge is 2.24. The topological polar surface area (TPSA) is 62.6 Å². The van der Waals surface area contributed by atoms with Crippen molar-refractivity contribution in [1.29, 1.82) is 0 Å². The summed E-state index contributed by atoms with van der Waals surface area (Å²) in [4.78, 5) is 26.0. The number of piperidine rings is 1. The van der Waals surface area contributed by atoms with E-state index >= 15 is 0 Å². The average Bonchev–Trinajstić information content (AvgIpc) is 3.15. The molecule has 1 aromatic heterocycles. The molecule has 1 aliphatic rings. The van der Waals surface area contributed by atoms with Crippen molar-refractivity contribution in [2.75, 3.05) is 19.6 Å². The molecule has 0 unspecified atom stereocenters. The minimum Gasteiger partial charge on any atom is -0.472 e. The Morgan fingerprint density at radius 3 is 2.46 bits per heavy atom. The van der Waals surface area contributed by atoms with Gasteiger partial charge in [0.15, 0.2) is 0 Å². The quantitative estimate of drug-likeness (QED) is 0.937. The van der Waals surface area contributed by atoms with Gasteiger partial charge in [0.2, 0.25) is 0 Å². The van der Waals surface area contributed by atoms with Gasteiger partial charge < -0.3 is 14.6 Å². The molecule has 0 bridgehead atoms. The van der Waals surface area contributed by atoms with Gasteiger partial charge in [-0.05, 0) is 49.1 Å². The largest absolute Gasteiger partial charge is 0.472 e. The first kappa shape index (κ1) is 16.2. The summed E-state index contributed by atoms with van der Waals surface area (Å²) in [5, 5.41) is 2.88. The maximum absolute atomic E-state index is 12.9. The minimum absolute atomic E-state index is 0.0162. The van der Waals surface area contributed by atoms with Crippen LogP contribution in [0, 0.1) is 11.7 Å². The van der Waals surface area contributed by atoms with E-state index in [1.807, 2.05) is 4.90 Å². The Kier molecular flexibility index (Phi) is 4.93. The number of benzene rings is 1. The first-order valence-electron chi connectivity index (χ1n) is 7.99. The number of furan rings is 1. The van der Waals surface area contributed by atoms with Crippen molar-refractivity contribution in [2.24, 2.45) is 5.92 Å². The highest BCUT2D eigenvalue weighted by atomic mass is 19.1. The maximum Gasteiger partial charge on any atom is 0.257 e. The van der Waals surface area contributed by atoms with E-state index in [1.165, 1.54) is 36.8 Å². The summed E-state index contributed by atoms with van der Waals surface area (Å²) in [6, 6.07) is 7.15. The van der Waals surface area contributed by atoms with Crippen molar-refractivity contribution >= 4 is 11.8 Å². The van der Waals surface area contributed by atoms with Crippen LogP contribution in [0.4, 0.5) is 4.39 Å². The molecule has 3 rings (SSSR count). The lowest BCUT2D eigenvalue weighted by molar-refractivity contribution is 0.0683. The molecule has 0 aliphatic carbocycles. The molecular weight excluding hydrogens is 311 g/mol. The molecule has 24 heavy (non-hydrogen) atoms. The molecule has 1 aromatic carbocycles. The zero-order valence-electron chi connectivity index (χ0n) is 13.2. The minimum atomic E-state index is -0.360. The third-order valence-corrected chi connectivity index (χ3v) is 4.33. The molecule has 2 heterocycles. The van der Waals surface area contributed by atoms with Crippen LogP contribution in [0.2, 0.25) is 0 Å². The van der Waals surface area contributed by atoms with Crippen LogP contribution in [0.15, 0.2) is 47.3 Å². The van der Waals surface area contributed by atoms with Gasteiger partial charge in [-0.15, -0.1) is 0 Å². The predicted molar refractivity (Wildman–Crippen MR) is 86.1 cm³/mol. The molecule has 0 atom stereocenters. The third kappa shape index (κ3) is 3.82. The van der Waals surface area contributed by atoms with Crippen molar-refractivity contribution in [3.63, 3.8) is 0 Å². The summed E-state index contributed by atoms with van der Waals surface area (Å²) in [7, 11) is 0. The zero-order chi connectivity index (χ0) is 16.9. The first-order valence-corrected chi connectivity index (χ1v) is 7.99. The third-order valence-electron chi connectivity index (χ3n) is 4.33. The van der Waals surface area contributed by atoms with Gasteiger partial charge in [0.05, 0.1) is 11.8 Å². The standard InChI is InChI=1S/C18H19FN2O3/c19-16-3-1-14(2-4-16)17(22)20-11-13-5-8-21(9-6-13)18(23)15-7-10-24-12-15/h1-4,7,10,12-13H,5-6,8-9,11H2,(H,20,22). The van der Waals surface area contributed by atoms with E-state index in [2.05, 4.69) is 5.32 Å². The average molecular weight is 330 g/mol. The van der Waals surface area contributed by atoms with Gasteiger partial charge in [0, 0.05) is 25.2 Å². The summed E-state index contributed by atoms with van der Waals surface area (Å²) in [6.07, 6.45) is 4.63. The van der Waals surface area contributed by atoms with Crippen LogP contribution in [-0.4, -0.2) is 36.3 Å². The lowest BCUT2D eigenvalue weighted by atomic mass is 9.96. The SMILES string of the molecule is O=C(NCC1CCN(C(=O)c2ccoc2)CC1)c1ccc(F)cc1. The lowest BCUT2D eigenvalue weighted by Gasteiger charge is -2.31. The molecule has 1 saturated heterocycles. The fraction of sp³-hybridized carbons (Fsp3) is 0.333. The molecule has 0 saturated carbocycles. The van der Waals surface area contributed by atoms with E-state index in [0.29, 0.717) is 36.7 Å². The molecule has 1 fully saturated rings. The summed E-state index contributed by atoms with van der Waals surface area (Å²) in [6.45, 7) is 1.89. The summed E-state index contributed by atoms with van der Waals surface area (Å²) in [5.74, 6) is -0.242. The van der Waals surface area contributed by atoms with Crippen LogP contribution in [0.25, 0.3) is 0 Å². The Morgan fingerprint density at radius 2 is 1.83 bits per heavy atom. The Morgan fingerprint density at radius 1 is 1.12 bits per heavy atom. The molecule has 0 radical (unpaired) electrons. The monoisotopic (exact) mass is 330 g/mol. The van der Waals surface area contributed by atoms with Gasteiger partial charge in [-0.3, -0.25) is 9.59 Å². The highest BCUT2D eigenvalue weighted by molar-refractivity contribution is 5.94. The fourth-order valence-corrected chi connectivity index (χ4v) is 2.85. The molecule has 2 amide bonds. The van der Waals surface area contributed by atoms with E-state index < -0.39 is 0 Å². The summed E-state index contributed by atoms with van der Waals surface area (Å²) < 4.78 is 17.8. The number of likely N-dealkylation sites (tertiary alicyclic amines) is 1. The van der Waals surface area contributed by atoms with Crippen molar-refractivity contribution in [3.8, 4) is 0 Å². The van der Waals surface area contributed by atoms with Crippen molar-refractivity contribution < 1.29 is 18.4 Å². The van der Waals surface area contributed by atoms with Crippen LogP contribution in [0.3, 0.4) is 0 Å². The lowest BCUT2D eigenvalue weighted by Crippen LogP contribution is -2.41. The predicted octanol–water partition coefficient (Wildman–Crippen LogP) is 2.70. The van der Waals surface area contributed by atoms with Crippen molar-refractivity contribution in [2.45, 2.75) is 12.8 Å². The number of halogens is 1. The fourth-order valence-electron chi connectivity index (χ4n) is 2.85. The number of amides is 2. The Bertz CT molecular complexity index is 690. The second kappa shape index (κ2) is 7.29. The smallest absolute Gasteiger partial charge is 0.257 e. The van der Waals surface area contributed by atoms with Gasteiger partial charge in [0.25, 0.3) is 11.8 Å².